The molecule has 8 nitrogen and oxygen atoms in total. The number of aldehydes is 1. The summed E-state index contributed by atoms with van der Waals surface area (Å²) >= 11 is 3.37. The molecule has 0 bridgehead atoms. The SMILES string of the molecule is C=C(N)Nc1ccc(CNC=O)cc1.CC(/C=C1/SCCN1C)=C(/C=O)NSCN(C)Cc1ccccc1. The summed E-state index contributed by atoms with van der Waals surface area (Å²) < 4.78 is 3.19. The van der Waals surface area contributed by atoms with Gasteiger partial charge in [-0.05, 0) is 60.8 Å². The first-order chi connectivity index (χ1) is 18.3. The largest absolute Gasteiger partial charge is 0.386 e. The first-order valence-electron chi connectivity index (χ1n) is 12.1. The van der Waals surface area contributed by atoms with Crippen LogP contribution in [0.5, 0.6) is 0 Å². The van der Waals surface area contributed by atoms with Crippen molar-refractivity contribution >= 4 is 42.1 Å². The summed E-state index contributed by atoms with van der Waals surface area (Å²) in [5.41, 5.74) is 10.2. The molecular formula is C28H38N6O2S2. The summed E-state index contributed by atoms with van der Waals surface area (Å²) in [5.74, 6) is 2.31. The lowest BCUT2D eigenvalue weighted by molar-refractivity contribution is -0.109. The van der Waals surface area contributed by atoms with Gasteiger partial charge in [0.15, 0.2) is 6.29 Å². The van der Waals surface area contributed by atoms with Gasteiger partial charge in [-0.1, -0.05) is 49.0 Å². The van der Waals surface area contributed by atoms with Crippen molar-refractivity contribution in [2.75, 3.05) is 37.6 Å². The summed E-state index contributed by atoms with van der Waals surface area (Å²) in [6, 6.07) is 17.9. The number of benzene rings is 2. The van der Waals surface area contributed by atoms with Crippen LogP contribution in [0.2, 0.25) is 0 Å². The van der Waals surface area contributed by atoms with E-state index in [0.717, 1.165) is 47.8 Å². The summed E-state index contributed by atoms with van der Waals surface area (Å²) in [4.78, 5) is 25.8. The van der Waals surface area contributed by atoms with Crippen LogP contribution in [0.25, 0.3) is 0 Å². The van der Waals surface area contributed by atoms with Gasteiger partial charge in [0.05, 0.1) is 22.4 Å². The number of anilines is 1. The van der Waals surface area contributed by atoms with Crippen molar-refractivity contribution in [1.29, 1.82) is 0 Å². The summed E-state index contributed by atoms with van der Waals surface area (Å²) in [5, 5.41) is 6.69. The summed E-state index contributed by atoms with van der Waals surface area (Å²) in [7, 11) is 4.16. The van der Waals surface area contributed by atoms with Crippen LogP contribution in [0.1, 0.15) is 18.1 Å². The number of allylic oxidation sites excluding steroid dienone is 3. The Kier molecular flexibility index (Phi) is 14.0. The second-order valence-corrected chi connectivity index (χ2v) is 10.6. The number of carbonyl (C=O) groups excluding carboxylic acids is 2. The number of nitrogens with one attached hydrogen (secondary N) is 3. The predicted octanol–water partition coefficient (Wildman–Crippen LogP) is 4.08. The van der Waals surface area contributed by atoms with Crippen LogP contribution in [-0.2, 0) is 22.7 Å². The van der Waals surface area contributed by atoms with E-state index in [1.165, 1.54) is 22.5 Å². The molecule has 0 aromatic heterocycles. The van der Waals surface area contributed by atoms with Gasteiger partial charge < -0.3 is 26.0 Å². The normalized spacial score (nSPS) is 14.3. The average molecular weight is 555 g/mol. The van der Waals surface area contributed by atoms with E-state index >= 15 is 0 Å². The van der Waals surface area contributed by atoms with Gasteiger partial charge in [-0.3, -0.25) is 14.5 Å². The third-order valence-electron chi connectivity index (χ3n) is 5.35. The van der Waals surface area contributed by atoms with E-state index in [4.69, 9.17) is 5.73 Å². The average Bonchev–Trinajstić information content (AvgIpc) is 3.30. The van der Waals surface area contributed by atoms with Crippen molar-refractivity contribution in [2.24, 2.45) is 5.73 Å². The Morgan fingerprint density at radius 3 is 2.45 bits per heavy atom. The molecule has 1 saturated heterocycles. The molecule has 1 fully saturated rings. The van der Waals surface area contributed by atoms with E-state index in [2.05, 4.69) is 76.2 Å². The Balaban J connectivity index is 0.000000308. The monoisotopic (exact) mass is 554 g/mol. The number of hydrogen-bond donors (Lipinski definition) is 4. The molecule has 1 aliphatic heterocycles. The van der Waals surface area contributed by atoms with Gasteiger partial charge in [0.1, 0.15) is 0 Å². The minimum atomic E-state index is 0.406. The Morgan fingerprint density at radius 2 is 1.87 bits per heavy atom. The second-order valence-electron chi connectivity index (χ2n) is 8.69. The van der Waals surface area contributed by atoms with Gasteiger partial charge >= 0.3 is 0 Å². The molecule has 0 atom stereocenters. The zero-order valence-corrected chi connectivity index (χ0v) is 23.9. The lowest BCUT2D eigenvalue weighted by Crippen LogP contribution is -2.20. The van der Waals surface area contributed by atoms with Crippen molar-refractivity contribution in [3.8, 4) is 0 Å². The third-order valence-corrected chi connectivity index (χ3v) is 7.39. The van der Waals surface area contributed by atoms with Crippen LogP contribution >= 0.6 is 23.7 Å². The van der Waals surface area contributed by atoms with Gasteiger partial charge in [0.25, 0.3) is 0 Å². The molecule has 1 aliphatic rings. The number of hydrogen-bond acceptors (Lipinski definition) is 9. The fourth-order valence-electron chi connectivity index (χ4n) is 3.33. The van der Waals surface area contributed by atoms with Crippen LogP contribution in [0.3, 0.4) is 0 Å². The molecule has 204 valence electrons. The fraction of sp³-hybridized carbons (Fsp3) is 0.286. The van der Waals surface area contributed by atoms with Crippen molar-refractivity contribution in [3.05, 3.63) is 100 Å². The van der Waals surface area contributed by atoms with Crippen molar-refractivity contribution in [2.45, 2.75) is 20.0 Å². The fourth-order valence-corrected chi connectivity index (χ4v) is 5.22. The second kappa shape index (κ2) is 17.2. The zero-order chi connectivity index (χ0) is 27.8. The van der Waals surface area contributed by atoms with E-state index in [1.807, 2.05) is 49.0 Å². The lowest BCUT2D eigenvalue weighted by atomic mass is 10.2. The Hall–Kier alpha value is -3.34. The molecule has 10 heteroatoms. The van der Waals surface area contributed by atoms with Crippen LogP contribution in [0.15, 0.2) is 89.4 Å². The molecule has 0 radical (unpaired) electrons. The van der Waals surface area contributed by atoms with E-state index in [1.54, 1.807) is 0 Å². The number of carbonyl (C=O) groups is 2. The Bertz CT molecular complexity index is 1090. The maximum Gasteiger partial charge on any atom is 0.207 e. The van der Waals surface area contributed by atoms with Crippen molar-refractivity contribution in [1.82, 2.24) is 19.8 Å². The summed E-state index contributed by atoms with van der Waals surface area (Å²) in [6.07, 6.45) is 3.66. The number of amides is 1. The van der Waals surface area contributed by atoms with Crippen LogP contribution in [0, 0.1) is 0 Å². The zero-order valence-electron chi connectivity index (χ0n) is 22.3. The highest BCUT2D eigenvalue weighted by Crippen LogP contribution is 2.27. The molecule has 0 spiro atoms. The third kappa shape index (κ3) is 11.8. The highest BCUT2D eigenvalue weighted by Gasteiger charge is 2.13. The van der Waals surface area contributed by atoms with Gasteiger partial charge in [-0.15, -0.1) is 11.8 Å². The standard InChI is InChI=1S/C18H25N3OS2.C10H13N3O/c1-15(11-18-21(3)9-10-23-18)17(13-22)19-24-14-20(2)12-16-7-5-4-6-8-16;1-8(11)13-10-4-2-9(3-5-10)6-12-7-14/h4-8,11,13,19H,9-10,12,14H2,1-3H3;2-5,7,13H,1,6,11H2,(H,12,14)/b17-15+,18-11+;. The molecular weight excluding hydrogens is 516 g/mol. The first kappa shape index (κ1) is 30.9. The van der Waals surface area contributed by atoms with Gasteiger partial charge in [0.2, 0.25) is 6.41 Å². The predicted molar refractivity (Wildman–Crippen MR) is 162 cm³/mol. The van der Waals surface area contributed by atoms with Crippen LogP contribution in [-0.4, -0.2) is 54.8 Å². The van der Waals surface area contributed by atoms with E-state index in [-0.39, 0.29) is 0 Å². The quantitative estimate of drug-likeness (QED) is 0.126. The van der Waals surface area contributed by atoms with Gasteiger partial charge in [0, 0.05) is 38.1 Å². The summed E-state index contributed by atoms with van der Waals surface area (Å²) in [6.45, 7) is 7.99. The number of nitrogens with zero attached hydrogens (tertiary/aromatic N) is 2. The van der Waals surface area contributed by atoms with E-state index in [0.29, 0.717) is 24.5 Å². The van der Waals surface area contributed by atoms with Gasteiger partial charge in [-0.25, -0.2) is 0 Å². The minimum absolute atomic E-state index is 0.406. The highest BCUT2D eigenvalue weighted by atomic mass is 32.2. The molecule has 0 saturated carbocycles. The molecule has 5 N–H and O–H groups in total. The molecule has 2 aromatic rings. The van der Waals surface area contributed by atoms with Crippen molar-refractivity contribution < 1.29 is 9.59 Å². The molecule has 0 unspecified atom stereocenters. The lowest BCUT2D eigenvalue weighted by Gasteiger charge is -2.17. The topological polar surface area (TPSA) is 103 Å². The number of thioether (sulfide) groups is 1. The first-order valence-corrected chi connectivity index (χ1v) is 14.1. The Labute approximate surface area is 234 Å². The smallest absolute Gasteiger partial charge is 0.207 e. The minimum Gasteiger partial charge on any atom is -0.386 e. The maximum atomic E-state index is 11.4. The molecule has 38 heavy (non-hydrogen) atoms. The van der Waals surface area contributed by atoms with E-state index < -0.39 is 0 Å². The van der Waals surface area contributed by atoms with Crippen molar-refractivity contribution in [3.63, 3.8) is 0 Å². The Morgan fingerprint density at radius 1 is 1.16 bits per heavy atom. The molecule has 2 aromatic carbocycles. The number of rotatable bonds is 13. The molecule has 1 heterocycles. The van der Waals surface area contributed by atoms with Gasteiger partial charge in [-0.2, -0.15) is 0 Å². The number of nitrogens with two attached hydrogens (primary N) is 1. The van der Waals surface area contributed by atoms with E-state index in [9.17, 15) is 9.59 Å². The van der Waals surface area contributed by atoms with Crippen LogP contribution < -0.4 is 21.1 Å². The maximum absolute atomic E-state index is 11.4. The van der Waals surface area contributed by atoms with Crippen LogP contribution in [0.4, 0.5) is 5.69 Å². The molecule has 0 aliphatic carbocycles. The molecule has 3 rings (SSSR count). The molecule has 1 amide bonds. The highest BCUT2D eigenvalue weighted by molar-refractivity contribution is 8.03.